The number of aromatic nitrogens is 2. The van der Waals surface area contributed by atoms with E-state index in [4.69, 9.17) is 5.11 Å². The zero-order chi connectivity index (χ0) is 23.1. The predicted octanol–water partition coefficient (Wildman–Crippen LogP) is 4.95. The number of phenols is 1. The smallest absolute Gasteiger partial charge is 0.303 e. The van der Waals surface area contributed by atoms with Crippen LogP contribution in [0.1, 0.15) is 41.6 Å². The van der Waals surface area contributed by atoms with Crippen molar-refractivity contribution in [2.24, 2.45) is 10.2 Å². The summed E-state index contributed by atoms with van der Waals surface area (Å²) in [7, 11) is 0. The lowest BCUT2D eigenvalue weighted by molar-refractivity contribution is -0.137. The van der Waals surface area contributed by atoms with E-state index in [1.54, 1.807) is 13.0 Å². The van der Waals surface area contributed by atoms with Gasteiger partial charge in [0.05, 0.1) is 5.69 Å². The summed E-state index contributed by atoms with van der Waals surface area (Å²) in [4.78, 5) is 23.2. The fraction of sp³-hybridized carbons (Fsp3) is 0.333. The topological polar surface area (TPSA) is 120 Å². The van der Waals surface area contributed by atoms with Gasteiger partial charge in [-0.3, -0.25) is 19.4 Å². The molecule has 3 aromatic rings. The highest BCUT2D eigenvalue weighted by Crippen LogP contribution is 2.32. The minimum absolute atomic E-state index is 0.0220. The predicted molar refractivity (Wildman–Crippen MR) is 122 cm³/mol. The van der Waals surface area contributed by atoms with Crippen molar-refractivity contribution in [3.63, 3.8) is 0 Å². The number of nitrogens with zero attached hydrogens (tertiary/aromatic N) is 3. The van der Waals surface area contributed by atoms with Gasteiger partial charge in [-0.1, -0.05) is 36.4 Å². The fourth-order valence-electron chi connectivity index (χ4n) is 3.58. The van der Waals surface area contributed by atoms with Gasteiger partial charge in [-0.05, 0) is 62.3 Å². The highest BCUT2D eigenvalue weighted by molar-refractivity contribution is 5.66. The third-order valence-corrected chi connectivity index (χ3v) is 5.39. The molecule has 0 amide bonds. The highest BCUT2D eigenvalue weighted by Gasteiger charge is 2.12. The van der Waals surface area contributed by atoms with E-state index in [-0.39, 0.29) is 30.0 Å². The van der Waals surface area contributed by atoms with Crippen LogP contribution < -0.4 is 5.56 Å². The Bertz CT molecular complexity index is 1180. The van der Waals surface area contributed by atoms with Gasteiger partial charge in [-0.2, -0.15) is 0 Å². The minimum Gasteiger partial charge on any atom is -0.505 e. The van der Waals surface area contributed by atoms with Gasteiger partial charge in [0.25, 0.3) is 5.56 Å². The van der Waals surface area contributed by atoms with E-state index in [0.29, 0.717) is 24.2 Å². The summed E-state index contributed by atoms with van der Waals surface area (Å²) in [5.41, 5.74) is 3.95. The number of hydrogen-bond acceptors (Lipinski definition) is 5. The van der Waals surface area contributed by atoms with Crippen LogP contribution in [0.5, 0.6) is 5.75 Å². The molecule has 0 saturated carbocycles. The number of para-hydroxylation sites is 1. The van der Waals surface area contributed by atoms with Crippen LogP contribution in [0.3, 0.4) is 0 Å². The van der Waals surface area contributed by atoms with Crippen molar-refractivity contribution in [1.29, 1.82) is 0 Å². The molecule has 0 radical (unpaired) electrons. The summed E-state index contributed by atoms with van der Waals surface area (Å²) < 4.78 is 1.33. The molecule has 0 fully saturated rings. The summed E-state index contributed by atoms with van der Waals surface area (Å²) in [5, 5.41) is 30.4. The molecule has 168 valence electrons. The molecule has 0 atom stereocenters. The van der Waals surface area contributed by atoms with E-state index in [0.717, 1.165) is 18.4 Å². The second kappa shape index (κ2) is 10.6. The number of nitrogens with one attached hydrogen (secondary N) is 1. The van der Waals surface area contributed by atoms with Gasteiger partial charge in [-0.25, -0.2) is 0 Å². The Morgan fingerprint density at radius 2 is 1.72 bits per heavy atom. The first-order valence-corrected chi connectivity index (χ1v) is 10.6. The standard InChI is InChI=1S/C24H28N4O4/c1-16-8-3-4-9-18(16)10-5-11-19-12-6-13-20(23(19)31)25-26-22-17(2)27-28(24(22)32)15-7-14-21(29)30/h3-4,6,8-9,12-13,27,31H,5,7,10-11,14-15H2,1-2H3,(H,29,30). The molecule has 8 nitrogen and oxygen atoms in total. The van der Waals surface area contributed by atoms with E-state index in [1.165, 1.54) is 15.8 Å². The van der Waals surface area contributed by atoms with E-state index in [2.05, 4.69) is 34.4 Å². The molecule has 1 heterocycles. The third kappa shape index (κ3) is 5.72. The van der Waals surface area contributed by atoms with Gasteiger partial charge in [0.2, 0.25) is 0 Å². The Kier molecular flexibility index (Phi) is 7.59. The molecular formula is C24H28N4O4. The number of hydrogen-bond donors (Lipinski definition) is 3. The molecule has 0 aliphatic carbocycles. The molecule has 0 saturated heterocycles. The molecule has 0 bridgehead atoms. The molecule has 8 heteroatoms. The van der Waals surface area contributed by atoms with E-state index in [1.807, 2.05) is 24.3 Å². The second-order valence-electron chi connectivity index (χ2n) is 7.80. The van der Waals surface area contributed by atoms with Crippen LogP contribution in [0.15, 0.2) is 57.5 Å². The number of phenolic OH excluding ortho intramolecular Hbond substituents is 1. The van der Waals surface area contributed by atoms with E-state index < -0.39 is 5.97 Å². The normalized spacial score (nSPS) is 11.3. The number of carbonyl (C=O) groups is 1. The first kappa shape index (κ1) is 23.0. The number of carboxylic acids is 1. The molecule has 0 aliphatic rings. The highest BCUT2D eigenvalue weighted by atomic mass is 16.4. The fourth-order valence-corrected chi connectivity index (χ4v) is 3.58. The average molecular weight is 437 g/mol. The number of azo groups is 1. The summed E-state index contributed by atoms with van der Waals surface area (Å²) in [6.45, 7) is 4.05. The van der Waals surface area contributed by atoms with Crippen molar-refractivity contribution >= 4 is 17.3 Å². The van der Waals surface area contributed by atoms with Crippen LogP contribution >= 0.6 is 0 Å². The van der Waals surface area contributed by atoms with Crippen molar-refractivity contribution in [3.8, 4) is 5.75 Å². The number of carboxylic acid groups (broad SMARTS) is 1. The van der Waals surface area contributed by atoms with Gasteiger partial charge >= 0.3 is 5.97 Å². The van der Waals surface area contributed by atoms with Crippen LogP contribution in [0, 0.1) is 13.8 Å². The number of rotatable bonds is 10. The largest absolute Gasteiger partial charge is 0.505 e. The Hall–Kier alpha value is -3.68. The molecule has 3 N–H and O–H groups in total. The number of aryl methyl sites for hydroxylation is 5. The molecule has 0 aliphatic heterocycles. The monoisotopic (exact) mass is 436 g/mol. The Morgan fingerprint density at radius 3 is 2.47 bits per heavy atom. The molecule has 0 spiro atoms. The molecule has 3 rings (SSSR count). The van der Waals surface area contributed by atoms with Gasteiger partial charge < -0.3 is 10.2 Å². The van der Waals surface area contributed by atoms with Gasteiger partial charge in [0, 0.05) is 13.0 Å². The van der Waals surface area contributed by atoms with E-state index >= 15 is 0 Å². The van der Waals surface area contributed by atoms with Crippen LogP contribution in [0.25, 0.3) is 0 Å². The minimum atomic E-state index is -0.907. The van der Waals surface area contributed by atoms with Crippen LogP contribution in [0.2, 0.25) is 0 Å². The zero-order valence-electron chi connectivity index (χ0n) is 18.3. The maximum Gasteiger partial charge on any atom is 0.303 e. The van der Waals surface area contributed by atoms with Crippen LogP contribution in [-0.4, -0.2) is 26.0 Å². The average Bonchev–Trinajstić information content (AvgIpc) is 3.02. The number of aromatic hydroxyl groups is 1. The maximum absolute atomic E-state index is 12.5. The number of aliphatic carboxylic acids is 1. The Morgan fingerprint density at radius 1 is 1.00 bits per heavy atom. The second-order valence-corrected chi connectivity index (χ2v) is 7.80. The zero-order valence-corrected chi connectivity index (χ0v) is 18.3. The van der Waals surface area contributed by atoms with Crippen molar-refractivity contribution < 1.29 is 15.0 Å². The van der Waals surface area contributed by atoms with E-state index in [9.17, 15) is 14.7 Å². The van der Waals surface area contributed by atoms with Crippen LogP contribution in [-0.2, 0) is 24.2 Å². The Labute approximate surface area is 186 Å². The molecule has 0 unspecified atom stereocenters. The third-order valence-electron chi connectivity index (χ3n) is 5.39. The lowest BCUT2D eigenvalue weighted by Crippen LogP contribution is -2.17. The SMILES string of the molecule is Cc1ccccc1CCCc1cccc(N=Nc2c(C)[nH]n(CCCC(=O)O)c2=O)c1O. The lowest BCUT2D eigenvalue weighted by Gasteiger charge is -2.08. The quantitative estimate of drug-likeness (QED) is 0.389. The Balaban J connectivity index is 1.69. The first-order valence-electron chi connectivity index (χ1n) is 10.6. The van der Waals surface area contributed by atoms with Crippen molar-refractivity contribution in [3.05, 3.63) is 75.2 Å². The summed E-state index contributed by atoms with van der Waals surface area (Å²) in [6, 6.07) is 13.6. The van der Waals surface area contributed by atoms with Gasteiger partial charge in [-0.15, -0.1) is 10.2 Å². The molecule has 32 heavy (non-hydrogen) atoms. The van der Waals surface area contributed by atoms with Crippen LogP contribution in [0.4, 0.5) is 11.4 Å². The number of aromatic amines is 1. The first-order chi connectivity index (χ1) is 15.4. The maximum atomic E-state index is 12.5. The summed E-state index contributed by atoms with van der Waals surface area (Å²) >= 11 is 0. The van der Waals surface area contributed by atoms with Gasteiger partial charge in [0.15, 0.2) is 5.69 Å². The molecule has 1 aromatic heterocycles. The molecule has 2 aromatic carbocycles. The van der Waals surface area contributed by atoms with Crippen molar-refractivity contribution in [1.82, 2.24) is 9.78 Å². The number of benzene rings is 2. The van der Waals surface area contributed by atoms with Crippen molar-refractivity contribution in [2.75, 3.05) is 0 Å². The number of H-pyrrole nitrogens is 1. The lowest BCUT2D eigenvalue weighted by atomic mass is 10.00. The molecular weight excluding hydrogens is 408 g/mol. The van der Waals surface area contributed by atoms with Gasteiger partial charge in [0.1, 0.15) is 11.4 Å². The van der Waals surface area contributed by atoms with Crippen molar-refractivity contribution in [2.45, 2.75) is 52.5 Å². The summed E-state index contributed by atoms with van der Waals surface area (Å²) in [5.74, 6) is -0.841. The summed E-state index contributed by atoms with van der Waals surface area (Å²) in [6.07, 6.45) is 2.81.